The maximum Gasteiger partial charge on any atom is 0.260 e. The Morgan fingerprint density at radius 1 is 1.15 bits per heavy atom. The second kappa shape index (κ2) is 7.70. The number of piperidine rings is 1. The molecular weight excluding hydrogens is 344 g/mol. The van der Waals surface area contributed by atoms with E-state index >= 15 is 0 Å². The summed E-state index contributed by atoms with van der Waals surface area (Å²) < 4.78 is 16.7. The van der Waals surface area contributed by atoms with E-state index in [0.29, 0.717) is 24.6 Å². The van der Waals surface area contributed by atoms with Crippen molar-refractivity contribution in [2.45, 2.75) is 18.8 Å². The highest BCUT2D eigenvalue weighted by Crippen LogP contribution is 2.30. The summed E-state index contributed by atoms with van der Waals surface area (Å²) in [5.41, 5.74) is 1.70. The van der Waals surface area contributed by atoms with Crippen molar-refractivity contribution in [3.63, 3.8) is 0 Å². The van der Waals surface area contributed by atoms with Gasteiger partial charge in [0.25, 0.3) is 5.91 Å². The average Bonchev–Trinajstić information content (AvgIpc) is 3.16. The molecule has 140 valence electrons. The van der Waals surface area contributed by atoms with Gasteiger partial charge in [0.05, 0.1) is 7.11 Å². The fraction of sp³-hybridized carbons (Fsp3) is 0.333. The summed E-state index contributed by atoms with van der Waals surface area (Å²) in [4.78, 5) is 18.9. The number of amides is 1. The van der Waals surface area contributed by atoms with E-state index in [0.717, 1.165) is 29.8 Å². The van der Waals surface area contributed by atoms with Crippen molar-refractivity contribution in [1.29, 1.82) is 0 Å². The molecule has 27 heavy (non-hydrogen) atoms. The van der Waals surface area contributed by atoms with Crippen LogP contribution in [-0.4, -0.2) is 42.6 Å². The molecular formula is C21H22N2O4. The molecule has 2 heterocycles. The average molecular weight is 366 g/mol. The fourth-order valence-electron chi connectivity index (χ4n) is 3.37. The summed E-state index contributed by atoms with van der Waals surface area (Å²) in [5.74, 6) is 2.36. The minimum absolute atomic E-state index is 0.00571. The molecule has 1 saturated heterocycles. The molecule has 0 atom stereocenters. The number of benzene rings is 2. The third-order valence-electron chi connectivity index (χ3n) is 4.91. The van der Waals surface area contributed by atoms with Gasteiger partial charge in [0.15, 0.2) is 18.1 Å². The van der Waals surface area contributed by atoms with Crippen LogP contribution < -0.4 is 9.47 Å². The van der Waals surface area contributed by atoms with Crippen molar-refractivity contribution in [3.8, 4) is 11.5 Å². The number of fused-ring (bicyclic) bond motifs is 1. The van der Waals surface area contributed by atoms with Crippen molar-refractivity contribution in [1.82, 2.24) is 9.88 Å². The highest BCUT2D eigenvalue weighted by Gasteiger charge is 2.27. The van der Waals surface area contributed by atoms with Crippen LogP contribution in [0.2, 0.25) is 0 Å². The zero-order chi connectivity index (χ0) is 18.6. The fourth-order valence-corrected chi connectivity index (χ4v) is 3.37. The first-order chi connectivity index (χ1) is 13.2. The first kappa shape index (κ1) is 17.4. The second-order valence-corrected chi connectivity index (χ2v) is 6.64. The number of carbonyl (C=O) groups excluding carboxylic acids is 1. The van der Waals surface area contributed by atoms with Gasteiger partial charge >= 0.3 is 0 Å². The van der Waals surface area contributed by atoms with Crippen LogP contribution in [0.15, 0.2) is 52.9 Å². The number of hydrogen-bond acceptors (Lipinski definition) is 5. The summed E-state index contributed by atoms with van der Waals surface area (Å²) in [7, 11) is 1.60. The molecule has 0 N–H and O–H groups in total. The van der Waals surface area contributed by atoms with Gasteiger partial charge in [-0.2, -0.15) is 0 Å². The number of para-hydroxylation sites is 2. The number of nitrogens with zero attached hydrogens (tertiary/aromatic N) is 2. The predicted octanol–water partition coefficient (Wildman–Crippen LogP) is 3.62. The van der Waals surface area contributed by atoms with Crippen LogP contribution in [0.3, 0.4) is 0 Å². The van der Waals surface area contributed by atoms with Crippen LogP contribution in [0.1, 0.15) is 24.7 Å². The number of likely N-dealkylation sites (tertiary alicyclic amines) is 1. The molecule has 1 aromatic heterocycles. The van der Waals surface area contributed by atoms with E-state index in [4.69, 9.17) is 13.9 Å². The van der Waals surface area contributed by atoms with Crippen LogP contribution in [-0.2, 0) is 4.79 Å². The number of aromatic nitrogens is 1. The predicted molar refractivity (Wildman–Crippen MR) is 101 cm³/mol. The number of oxazole rings is 1. The lowest BCUT2D eigenvalue weighted by Crippen LogP contribution is -2.40. The topological polar surface area (TPSA) is 64.8 Å². The molecule has 1 aliphatic rings. The van der Waals surface area contributed by atoms with E-state index in [2.05, 4.69) is 4.98 Å². The van der Waals surface area contributed by atoms with E-state index in [1.165, 1.54) is 0 Å². The minimum atomic E-state index is -0.00571. The molecule has 0 radical (unpaired) electrons. The largest absolute Gasteiger partial charge is 0.497 e. The van der Waals surface area contributed by atoms with Crippen LogP contribution >= 0.6 is 0 Å². The molecule has 2 aromatic carbocycles. The van der Waals surface area contributed by atoms with Crippen molar-refractivity contribution in [3.05, 3.63) is 54.4 Å². The van der Waals surface area contributed by atoms with Gasteiger partial charge in [0, 0.05) is 25.1 Å². The van der Waals surface area contributed by atoms with E-state index in [9.17, 15) is 4.79 Å². The molecule has 0 saturated carbocycles. The van der Waals surface area contributed by atoms with Crippen LogP contribution in [0, 0.1) is 0 Å². The van der Waals surface area contributed by atoms with Gasteiger partial charge < -0.3 is 18.8 Å². The number of rotatable bonds is 5. The normalized spacial score (nSPS) is 15.1. The maximum atomic E-state index is 12.4. The smallest absolute Gasteiger partial charge is 0.260 e. The molecule has 1 fully saturated rings. The van der Waals surface area contributed by atoms with Crippen molar-refractivity contribution >= 4 is 17.0 Å². The third-order valence-corrected chi connectivity index (χ3v) is 4.91. The van der Waals surface area contributed by atoms with E-state index in [-0.39, 0.29) is 18.4 Å². The van der Waals surface area contributed by atoms with E-state index in [1.807, 2.05) is 47.4 Å². The Hall–Kier alpha value is -3.02. The summed E-state index contributed by atoms with van der Waals surface area (Å²) in [6.07, 6.45) is 1.69. The van der Waals surface area contributed by atoms with Gasteiger partial charge in [0.1, 0.15) is 17.0 Å². The minimum Gasteiger partial charge on any atom is -0.497 e. The molecule has 0 bridgehead atoms. The van der Waals surface area contributed by atoms with Gasteiger partial charge in [-0.15, -0.1) is 0 Å². The Kier molecular flexibility index (Phi) is 4.96. The highest BCUT2D eigenvalue weighted by atomic mass is 16.5. The van der Waals surface area contributed by atoms with Gasteiger partial charge in [-0.3, -0.25) is 4.79 Å². The van der Waals surface area contributed by atoms with Gasteiger partial charge in [0.2, 0.25) is 0 Å². The van der Waals surface area contributed by atoms with Crippen molar-refractivity contribution in [2.75, 3.05) is 26.8 Å². The standard InChI is InChI=1S/C21H22N2O4/c1-25-16-5-4-6-17(13-16)26-14-20(24)23-11-9-15(10-12-23)21-22-18-7-2-3-8-19(18)27-21/h2-8,13,15H,9-12,14H2,1H3. The van der Waals surface area contributed by atoms with Gasteiger partial charge in [-0.25, -0.2) is 4.98 Å². The molecule has 6 heteroatoms. The highest BCUT2D eigenvalue weighted by molar-refractivity contribution is 5.78. The Morgan fingerprint density at radius 3 is 2.70 bits per heavy atom. The maximum absolute atomic E-state index is 12.4. The number of hydrogen-bond donors (Lipinski definition) is 0. The van der Waals surface area contributed by atoms with Crippen LogP contribution in [0.5, 0.6) is 11.5 Å². The van der Waals surface area contributed by atoms with E-state index in [1.54, 1.807) is 13.2 Å². The molecule has 1 amide bonds. The Balaban J connectivity index is 1.31. The molecule has 0 spiro atoms. The molecule has 6 nitrogen and oxygen atoms in total. The van der Waals surface area contributed by atoms with Gasteiger partial charge in [-0.1, -0.05) is 18.2 Å². The molecule has 0 aliphatic carbocycles. The second-order valence-electron chi connectivity index (χ2n) is 6.64. The van der Waals surface area contributed by atoms with Crippen molar-refractivity contribution < 1.29 is 18.7 Å². The lowest BCUT2D eigenvalue weighted by atomic mass is 9.97. The number of carbonyl (C=O) groups is 1. The first-order valence-electron chi connectivity index (χ1n) is 9.13. The summed E-state index contributed by atoms with van der Waals surface area (Å²) in [6, 6.07) is 15.1. The lowest BCUT2D eigenvalue weighted by molar-refractivity contribution is -0.134. The van der Waals surface area contributed by atoms with Gasteiger partial charge in [-0.05, 0) is 37.1 Å². The lowest BCUT2D eigenvalue weighted by Gasteiger charge is -2.30. The zero-order valence-electron chi connectivity index (χ0n) is 15.3. The monoisotopic (exact) mass is 366 g/mol. The first-order valence-corrected chi connectivity index (χ1v) is 9.13. The molecule has 4 rings (SSSR count). The summed E-state index contributed by atoms with van der Waals surface area (Å²) in [5, 5.41) is 0. The Bertz CT molecular complexity index is 896. The molecule has 1 aliphatic heterocycles. The summed E-state index contributed by atoms with van der Waals surface area (Å²) in [6.45, 7) is 1.40. The van der Waals surface area contributed by atoms with Crippen LogP contribution in [0.25, 0.3) is 11.1 Å². The number of methoxy groups -OCH3 is 1. The third kappa shape index (κ3) is 3.89. The molecule has 0 unspecified atom stereocenters. The Morgan fingerprint density at radius 2 is 1.93 bits per heavy atom. The Labute approximate surface area is 157 Å². The molecule has 3 aromatic rings. The van der Waals surface area contributed by atoms with Crippen molar-refractivity contribution in [2.24, 2.45) is 0 Å². The van der Waals surface area contributed by atoms with Crippen LogP contribution in [0.4, 0.5) is 0 Å². The summed E-state index contributed by atoms with van der Waals surface area (Å²) >= 11 is 0. The number of ether oxygens (including phenoxy) is 2. The SMILES string of the molecule is COc1cccc(OCC(=O)N2CCC(c3nc4ccccc4o3)CC2)c1. The zero-order valence-corrected chi connectivity index (χ0v) is 15.3. The quantitative estimate of drug-likeness (QED) is 0.690. The van der Waals surface area contributed by atoms with E-state index < -0.39 is 0 Å².